The van der Waals surface area contributed by atoms with Crippen molar-refractivity contribution in [2.75, 3.05) is 0 Å². The molecule has 10 aromatic heterocycles. The zero-order chi connectivity index (χ0) is 63.3. The fourth-order valence-corrected chi connectivity index (χ4v) is 18.2. The van der Waals surface area contributed by atoms with Gasteiger partial charge in [-0.25, -0.2) is 4.98 Å². The van der Waals surface area contributed by atoms with Crippen molar-refractivity contribution in [1.29, 1.82) is 0 Å². The maximum Gasteiger partial charge on any atom is 0.138 e. The SMILES string of the molecule is c1ccc(-n2c3ccc(-n4c5ccccc5c5cc6c7cc(-c8cccc(-n9c%10ccccc%10c%10cc(-n%11c%12ccccc%12c%12cc%13c%14ccccc%14n%14c%15c%16ccccc%16ccc%15c(c%12%11)c%13%14)ncc%109)c8)ccc7n7c8c9ccccc9ccc8c(c54)c67)cc3c3ccncc32)cc1. The summed E-state index contributed by atoms with van der Waals surface area (Å²) in [5, 5.41) is 24.5. The first kappa shape index (κ1) is 51.2. The number of aromatic nitrogens is 8. The fourth-order valence-electron chi connectivity index (χ4n) is 18.2. The Morgan fingerprint density at radius 3 is 1.37 bits per heavy atom. The molecule has 0 fully saturated rings. The van der Waals surface area contributed by atoms with Gasteiger partial charge in [0.15, 0.2) is 0 Å². The van der Waals surface area contributed by atoms with Gasteiger partial charge in [-0.05, 0) is 125 Å². The lowest BCUT2D eigenvalue weighted by atomic mass is 9.99. The molecule has 8 heteroatoms. The Morgan fingerprint density at radius 2 is 0.673 bits per heavy atom. The molecule has 0 aliphatic rings. The van der Waals surface area contributed by atoms with Crippen LogP contribution in [0.4, 0.5) is 0 Å². The van der Waals surface area contributed by atoms with Crippen LogP contribution in [0, 0.1) is 0 Å². The van der Waals surface area contributed by atoms with Gasteiger partial charge in [0.2, 0.25) is 0 Å². The summed E-state index contributed by atoms with van der Waals surface area (Å²) in [5.74, 6) is 0.886. The van der Waals surface area contributed by atoms with E-state index in [1.807, 2.05) is 12.4 Å². The molecule has 0 spiro atoms. The summed E-state index contributed by atoms with van der Waals surface area (Å²) in [6, 6.07) is 106. The molecular weight excluding hydrogens is 1190 g/mol. The highest BCUT2D eigenvalue weighted by atomic mass is 15.1. The van der Waals surface area contributed by atoms with Crippen LogP contribution in [-0.2, 0) is 0 Å². The van der Waals surface area contributed by atoms with Crippen LogP contribution in [0.3, 0.4) is 0 Å². The number of hydrogen-bond acceptors (Lipinski definition) is 2. The second-order valence-electron chi connectivity index (χ2n) is 26.8. The molecule has 24 rings (SSSR count). The first-order valence-corrected chi connectivity index (χ1v) is 33.7. The molecule has 8 nitrogen and oxygen atoms in total. The van der Waals surface area contributed by atoms with Gasteiger partial charge in [-0.2, -0.15) is 0 Å². The lowest BCUT2D eigenvalue weighted by molar-refractivity contribution is 1.08. The van der Waals surface area contributed by atoms with Crippen LogP contribution in [0.5, 0.6) is 0 Å². The molecule has 0 atom stereocenters. The smallest absolute Gasteiger partial charge is 0.138 e. The average Bonchev–Trinajstić information content (AvgIpc) is 1.52. The summed E-state index contributed by atoms with van der Waals surface area (Å²) in [6.45, 7) is 0. The lowest BCUT2D eigenvalue weighted by Crippen LogP contribution is -1.99. The molecule has 0 unspecified atom stereocenters. The van der Waals surface area contributed by atoms with E-state index in [9.17, 15) is 0 Å². The minimum atomic E-state index is 0.886. The van der Waals surface area contributed by atoms with E-state index in [0.29, 0.717) is 0 Å². The van der Waals surface area contributed by atoms with Gasteiger partial charge >= 0.3 is 0 Å². The van der Waals surface area contributed by atoms with Crippen molar-refractivity contribution in [1.82, 2.24) is 37.0 Å². The standard InChI is InChI=1S/C90H50N8/c1-2-20-55(21-3-1)93-78-40-36-57(45-68(78)64-41-42-91-49-80(64)93)95-75-30-13-9-26-61(75)70-47-73-67-44-54(35-39-79(67)98-86-59-24-7-5-18-52(59)33-37-65(86)83(87(70)95)90(73)98)53-19-16-22-56(43-53)94-74-29-12-8-25-60(74)69-48-82(92-50-81(69)94)96-76-31-14-10-27-62(76)71-46-72-63-28-11-15-32-77(63)97-85-58-23-6-4-17-51(58)34-38-66(85)84(88(71)96)89(72)97/h1-50H. The van der Waals surface area contributed by atoms with Crippen molar-refractivity contribution in [3.63, 3.8) is 0 Å². The molecule has 98 heavy (non-hydrogen) atoms. The summed E-state index contributed by atoms with van der Waals surface area (Å²) in [5.41, 5.74) is 22.1. The van der Waals surface area contributed by atoms with Gasteiger partial charge in [-0.3, -0.25) is 9.55 Å². The van der Waals surface area contributed by atoms with Crippen molar-refractivity contribution in [3.8, 4) is 34.0 Å². The summed E-state index contributed by atoms with van der Waals surface area (Å²) < 4.78 is 14.9. The van der Waals surface area contributed by atoms with Crippen molar-refractivity contribution >= 4 is 185 Å². The van der Waals surface area contributed by atoms with E-state index in [4.69, 9.17) is 4.98 Å². The molecule has 0 aliphatic carbocycles. The Balaban J connectivity index is 0.706. The Bertz CT molecular complexity index is 7680. The van der Waals surface area contributed by atoms with Crippen LogP contribution in [0.1, 0.15) is 0 Å². The zero-order valence-corrected chi connectivity index (χ0v) is 52.4. The number of rotatable bonds is 5. The van der Waals surface area contributed by atoms with E-state index >= 15 is 0 Å². The number of pyridine rings is 2. The average molecular weight is 1240 g/mol. The second kappa shape index (κ2) is 18.3. The molecule has 0 bridgehead atoms. The predicted octanol–water partition coefficient (Wildman–Crippen LogP) is 23.1. The third-order valence-electron chi connectivity index (χ3n) is 22.1. The van der Waals surface area contributed by atoms with E-state index in [0.717, 1.165) is 67.0 Å². The van der Waals surface area contributed by atoms with Crippen LogP contribution in [0.2, 0.25) is 0 Å². The van der Waals surface area contributed by atoms with Crippen LogP contribution in [-0.4, -0.2) is 37.0 Å². The third kappa shape index (κ3) is 6.36. The molecule has 10 heterocycles. The topological polar surface area (TPSA) is 54.3 Å². The molecule has 24 aromatic rings. The largest absolute Gasteiger partial charge is 0.309 e. The molecule has 0 N–H and O–H groups in total. The second-order valence-corrected chi connectivity index (χ2v) is 26.8. The Morgan fingerprint density at radius 1 is 0.214 bits per heavy atom. The number of benzene rings is 14. The van der Waals surface area contributed by atoms with Gasteiger partial charge in [0.25, 0.3) is 0 Å². The van der Waals surface area contributed by atoms with E-state index in [-0.39, 0.29) is 0 Å². The van der Waals surface area contributed by atoms with E-state index < -0.39 is 0 Å². The van der Waals surface area contributed by atoms with Gasteiger partial charge in [0.1, 0.15) is 5.82 Å². The zero-order valence-electron chi connectivity index (χ0n) is 52.4. The fraction of sp³-hybridized carbons (Fsp3) is 0. The van der Waals surface area contributed by atoms with Gasteiger partial charge in [-0.1, -0.05) is 182 Å². The number of fused-ring (bicyclic) bond motifs is 30. The Labute approximate surface area is 556 Å². The van der Waals surface area contributed by atoms with Crippen LogP contribution < -0.4 is 0 Å². The quantitative estimate of drug-likeness (QED) is 0.172. The summed E-state index contributed by atoms with van der Waals surface area (Å²) in [4.78, 5) is 10.2. The predicted molar refractivity (Wildman–Crippen MR) is 409 cm³/mol. The number of hydrogen-bond donors (Lipinski definition) is 0. The number of nitrogens with zero attached hydrogens (tertiary/aromatic N) is 8. The van der Waals surface area contributed by atoms with E-state index in [1.54, 1.807) is 0 Å². The van der Waals surface area contributed by atoms with Gasteiger partial charge in [0.05, 0.1) is 89.6 Å². The molecule has 0 saturated heterocycles. The summed E-state index contributed by atoms with van der Waals surface area (Å²) in [7, 11) is 0. The van der Waals surface area contributed by atoms with Crippen molar-refractivity contribution < 1.29 is 0 Å². The highest BCUT2D eigenvalue weighted by Crippen LogP contribution is 2.51. The van der Waals surface area contributed by atoms with Crippen molar-refractivity contribution in [2.45, 2.75) is 0 Å². The van der Waals surface area contributed by atoms with Gasteiger partial charge in [0, 0.05) is 120 Å². The summed E-state index contributed by atoms with van der Waals surface area (Å²) in [6.07, 6.45) is 6.03. The molecular formula is C90H50N8. The van der Waals surface area contributed by atoms with E-state index in [1.165, 1.54) is 152 Å². The molecule has 0 saturated carbocycles. The molecule has 0 amide bonds. The Kier molecular flexibility index (Phi) is 9.57. The minimum absolute atomic E-state index is 0.886. The first-order valence-electron chi connectivity index (χ1n) is 33.7. The van der Waals surface area contributed by atoms with Crippen molar-refractivity contribution in [3.05, 3.63) is 304 Å². The maximum atomic E-state index is 5.57. The van der Waals surface area contributed by atoms with Crippen LogP contribution in [0.15, 0.2) is 304 Å². The van der Waals surface area contributed by atoms with Crippen LogP contribution >= 0.6 is 0 Å². The maximum absolute atomic E-state index is 5.57. The lowest BCUT2D eigenvalue weighted by Gasteiger charge is -2.12. The molecule has 450 valence electrons. The first-order chi connectivity index (χ1) is 48.7. The highest BCUT2D eigenvalue weighted by molar-refractivity contribution is 6.38. The van der Waals surface area contributed by atoms with E-state index in [2.05, 4.69) is 323 Å². The van der Waals surface area contributed by atoms with Crippen molar-refractivity contribution in [2.24, 2.45) is 0 Å². The monoisotopic (exact) mass is 1240 g/mol. The number of para-hydroxylation sites is 5. The normalized spacial score (nSPS) is 12.7. The van der Waals surface area contributed by atoms with Gasteiger partial charge in [-0.15, -0.1) is 0 Å². The van der Waals surface area contributed by atoms with Crippen LogP contribution in [0.25, 0.3) is 219 Å². The third-order valence-corrected chi connectivity index (χ3v) is 22.1. The Hall–Kier alpha value is -13.3. The van der Waals surface area contributed by atoms with Gasteiger partial charge < -0.3 is 22.5 Å². The molecule has 14 aromatic carbocycles. The summed E-state index contributed by atoms with van der Waals surface area (Å²) >= 11 is 0. The highest BCUT2D eigenvalue weighted by Gasteiger charge is 2.29. The minimum Gasteiger partial charge on any atom is -0.309 e. The molecule has 0 aliphatic heterocycles. The molecule has 0 radical (unpaired) electrons.